The number of nitrogens with zero attached hydrogens (tertiary/aromatic N) is 1. The largest absolute Gasteiger partial charge is 0.377 e. The van der Waals surface area contributed by atoms with Gasteiger partial charge in [0.1, 0.15) is 6.29 Å². The third kappa shape index (κ3) is 1.76. The van der Waals surface area contributed by atoms with Gasteiger partial charge in [0.15, 0.2) is 0 Å². The molecule has 1 aromatic rings. The van der Waals surface area contributed by atoms with Crippen molar-refractivity contribution >= 4 is 12.0 Å². The Morgan fingerprint density at radius 3 is 2.87 bits per heavy atom. The van der Waals surface area contributed by atoms with Gasteiger partial charge in [-0.25, -0.2) is 0 Å². The van der Waals surface area contributed by atoms with Crippen molar-refractivity contribution in [1.82, 2.24) is 0 Å². The number of fused-ring (bicyclic) bond motifs is 1. The first-order valence-electron chi connectivity index (χ1n) is 5.48. The Bertz CT molecular complexity index is 371. The Hall–Kier alpha value is -1.31. The van der Waals surface area contributed by atoms with Crippen molar-refractivity contribution in [3.8, 4) is 0 Å². The summed E-state index contributed by atoms with van der Waals surface area (Å²) in [5.74, 6) is 0.119. The molecule has 0 radical (unpaired) electrons. The number of carbonyl (C=O) groups is 1. The monoisotopic (exact) mass is 203 g/mol. The lowest BCUT2D eigenvalue weighted by Crippen LogP contribution is -2.17. The molecule has 0 saturated heterocycles. The molecule has 0 fully saturated rings. The number of hydrogen-bond donors (Lipinski definition) is 0. The Morgan fingerprint density at radius 2 is 2.20 bits per heavy atom. The standard InChI is InChI=1S/C13H17NO/c1-14(2)13-8-4-6-11-10(9-15)5-3-7-12(11)13/h4,6,8-10H,3,5,7H2,1-2H3. The van der Waals surface area contributed by atoms with Crippen LogP contribution in [0.3, 0.4) is 0 Å². The van der Waals surface area contributed by atoms with Crippen LogP contribution in [0.15, 0.2) is 18.2 Å². The lowest BCUT2D eigenvalue weighted by atomic mass is 9.83. The molecule has 1 aliphatic rings. The molecule has 2 rings (SSSR count). The van der Waals surface area contributed by atoms with Crippen molar-refractivity contribution in [1.29, 1.82) is 0 Å². The van der Waals surface area contributed by atoms with Gasteiger partial charge in [-0.15, -0.1) is 0 Å². The van der Waals surface area contributed by atoms with E-state index in [2.05, 4.69) is 37.2 Å². The molecule has 1 atom stereocenters. The van der Waals surface area contributed by atoms with E-state index in [-0.39, 0.29) is 5.92 Å². The molecule has 1 aromatic carbocycles. The minimum absolute atomic E-state index is 0.119. The van der Waals surface area contributed by atoms with Crippen LogP contribution in [-0.4, -0.2) is 20.4 Å². The predicted molar refractivity (Wildman–Crippen MR) is 62.5 cm³/mol. The molecule has 0 amide bonds. The van der Waals surface area contributed by atoms with Crippen molar-refractivity contribution in [2.75, 3.05) is 19.0 Å². The molecule has 0 aliphatic heterocycles. The highest BCUT2D eigenvalue weighted by molar-refractivity contribution is 5.68. The van der Waals surface area contributed by atoms with Crippen molar-refractivity contribution in [2.45, 2.75) is 25.2 Å². The zero-order chi connectivity index (χ0) is 10.8. The average molecular weight is 203 g/mol. The SMILES string of the molecule is CN(C)c1cccc2c1CCCC2C=O. The Morgan fingerprint density at radius 1 is 1.40 bits per heavy atom. The maximum atomic E-state index is 11.0. The van der Waals surface area contributed by atoms with Gasteiger partial charge in [-0.1, -0.05) is 12.1 Å². The second kappa shape index (κ2) is 4.05. The van der Waals surface area contributed by atoms with Crippen molar-refractivity contribution < 1.29 is 4.79 Å². The topological polar surface area (TPSA) is 20.3 Å². The molecule has 0 bridgehead atoms. The van der Waals surface area contributed by atoms with Crippen LogP contribution in [0.5, 0.6) is 0 Å². The van der Waals surface area contributed by atoms with E-state index in [1.165, 1.54) is 16.8 Å². The second-order valence-corrected chi connectivity index (χ2v) is 4.37. The van der Waals surface area contributed by atoms with Gasteiger partial charge in [-0.2, -0.15) is 0 Å². The fourth-order valence-electron chi connectivity index (χ4n) is 2.43. The van der Waals surface area contributed by atoms with E-state index < -0.39 is 0 Å². The summed E-state index contributed by atoms with van der Waals surface area (Å²) in [6, 6.07) is 6.28. The Balaban J connectivity index is 2.50. The first-order valence-corrected chi connectivity index (χ1v) is 5.48. The lowest BCUT2D eigenvalue weighted by Gasteiger charge is -2.26. The van der Waals surface area contributed by atoms with Gasteiger partial charge in [0, 0.05) is 25.7 Å². The van der Waals surface area contributed by atoms with Crippen molar-refractivity contribution in [3.05, 3.63) is 29.3 Å². The predicted octanol–water partition coefficient (Wildman–Crippen LogP) is 2.37. The summed E-state index contributed by atoms with van der Waals surface area (Å²) in [4.78, 5) is 13.1. The zero-order valence-corrected chi connectivity index (χ0v) is 9.36. The summed E-state index contributed by atoms with van der Waals surface area (Å²) in [6.45, 7) is 0. The van der Waals surface area contributed by atoms with E-state index in [0.29, 0.717) is 0 Å². The third-order valence-electron chi connectivity index (χ3n) is 3.17. The van der Waals surface area contributed by atoms with E-state index >= 15 is 0 Å². The highest BCUT2D eigenvalue weighted by Gasteiger charge is 2.21. The quantitative estimate of drug-likeness (QED) is 0.688. The molecule has 80 valence electrons. The van der Waals surface area contributed by atoms with Crippen LogP contribution in [0.1, 0.15) is 29.9 Å². The van der Waals surface area contributed by atoms with Crippen LogP contribution in [0, 0.1) is 0 Å². The fourth-order valence-corrected chi connectivity index (χ4v) is 2.43. The van der Waals surface area contributed by atoms with Gasteiger partial charge in [-0.05, 0) is 36.5 Å². The van der Waals surface area contributed by atoms with Gasteiger partial charge in [-0.3, -0.25) is 0 Å². The molecule has 0 saturated carbocycles. The normalized spacial score (nSPS) is 19.5. The summed E-state index contributed by atoms with van der Waals surface area (Å²) in [7, 11) is 4.11. The molecular formula is C13H17NO. The maximum absolute atomic E-state index is 11.0. The summed E-state index contributed by atoms with van der Waals surface area (Å²) >= 11 is 0. The van der Waals surface area contributed by atoms with Gasteiger partial charge in [0.2, 0.25) is 0 Å². The van der Waals surface area contributed by atoms with Gasteiger partial charge >= 0.3 is 0 Å². The summed E-state index contributed by atoms with van der Waals surface area (Å²) in [6.07, 6.45) is 4.33. The van der Waals surface area contributed by atoms with Crippen LogP contribution in [0.25, 0.3) is 0 Å². The van der Waals surface area contributed by atoms with Crippen molar-refractivity contribution in [2.24, 2.45) is 0 Å². The maximum Gasteiger partial charge on any atom is 0.127 e. The van der Waals surface area contributed by atoms with E-state index in [4.69, 9.17) is 0 Å². The van der Waals surface area contributed by atoms with Crippen LogP contribution in [0.4, 0.5) is 5.69 Å². The molecular weight excluding hydrogens is 186 g/mol. The fraction of sp³-hybridized carbons (Fsp3) is 0.462. The number of rotatable bonds is 2. The highest BCUT2D eigenvalue weighted by atomic mass is 16.1. The minimum atomic E-state index is 0.119. The molecule has 0 N–H and O–H groups in total. The van der Waals surface area contributed by atoms with E-state index in [1.807, 2.05) is 0 Å². The molecule has 1 unspecified atom stereocenters. The lowest BCUT2D eigenvalue weighted by molar-refractivity contribution is -0.109. The number of benzene rings is 1. The summed E-state index contributed by atoms with van der Waals surface area (Å²) in [5, 5.41) is 0. The minimum Gasteiger partial charge on any atom is -0.377 e. The number of carbonyl (C=O) groups excluding carboxylic acids is 1. The average Bonchev–Trinajstić information content (AvgIpc) is 2.27. The molecule has 2 nitrogen and oxygen atoms in total. The number of hydrogen-bond acceptors (Lipinski definition) is 2. The Labute approximate surface area is 90.9 Å². The molecule has 0 aromatic heterocycles. The van der Waals surface area contributed by atoms with Gasteiger partial charge in [0.25, 0.3) is 0 Å². The molecule has 0 heterocycles. The van der Waals surface area contributed by atoms with E-state index in [1.54, 1.807) is 0 Å². The van der Waals surface area contributed by atoms with Gasteiger partial charge in [0.05, 0.1) is 0 Å². The molecule has 15 heavy (non-hydrogen) atoms. The van der Waals surface area contributed by atoms with Crippen molar-refractivity contribution in [3.63, 3.8) is 0 Å². The number of anilines is 1. The Kier molecular flexibility index (Phi) is 2.76. The highest BCUT2D eigenvalue weighted by Crippen LogP contribution is 2.35. The first kappa shape index (κ1) is 10.2. The second-order valence-electron chi connectivity index (χ2n) is 4.37. The summed E-state index contributed by atoms with van der Waals surface area (Å²) in [5.41, 5.74) is 3.87. The van der Waals surface area contributed by atoms with Crippen LogP contribution in [-0.2, 0) is 11.2 Å². The summed E-state index contributed by atoms with van der Waals surface area (Å²) < 4.78 is 0. The molecule has 0 spiro atoms. The van der Waals surface area contributed by atoms with E-state index in [9.17, 15) is 4.79 Å². The van der Waals surface area contributed by atoms with E-state index in [0.717, 1.165) is 25.5 Å². The first-order chi connectivity index (χ1) is 7.24. The van der Waals surface area contributed by atoms with Crippen LogP contribution >= 0.6 is 0 Å². The van der Waals surface area contributed by atoms with Crippen LogP contribution in [0.2, 0.25) is 0 Å². The molecule has 1 aliphatic carbocycles. The molecule has 2 heteroatoms. The smallest absolute Gasteiger partial charge is 0.127 e. The zero-order valence-electron chi connectivity index (χ0n) is 9.36. The van der Waals surface area contributed by atoms with Gasteiger partial charge < -0.3 is 9.69 Å². The van der Waals surface area contributed by atoms with Crippen LogP contribution < -0.4 is 4.90 Å². The number of aldehydes is 1. The third-order valence-corrected chi connectivity index (χ3v) is 3.17.